The molecule has 0 saturated heterocycles. The first-order valence-electron chi connectivity index (χ1n) is 8.87. The fraction of sp³-hybridized carbons (Fsp3) is 0.316. The minimum absolute atomic E-state index is 0.182. The summed E-state index contributed by atoms with van der Waals surface area (Å²) in [5.74, 6) is -1.54. The predicted octanol–water partition coefficient (Wildman–Crippen LogP) is -0.230. The number of carboxylic acid groups (broad SMARTS) is 1. The summed E-state index contributed by atoms with van der Waals surface area (Å²) in [6.45, 7) is 0.617. The number of hydrogen-bond donors (Lipinski definition) is 2. The Balaban J connectivity index is 1.80. The molecule has 1 unspecified atom stereocenters. The number of likely N-dealkylation sites (N-methyl/N-ethyl adjacent to an activating group) is 1. The number of carbonyl (C=O) groups is 3. The number of fused-ring (bicyclic) bond motifs is 1. The van der Waals surface area contributed by atoms with Crippen LogP contribution in [0.25, 0.3) is 0 Å². The van der Waals surface area contributed by atoms with Gasteiger partial charge in [0.1, 0.15) is 0 Å². The molecule has 29 heavy (non-hydrogen) atoms. The summed E-state index contributed by atoms with van der Waals surface area (Å²) in [6.07, 6.45) is 1.33. The van der Waals surface area contributed by atoms with Crippen LogP contribution in [0, 0.1) is 0 Å². The van der Waals surface area contributed by atoms with E-state index in [4.69, 9.17) is 5.11 Å². The van der Waals surface area contributed by atoms with Crippen LogP contribution in [-0.2, 0) is 22.7 Å². The summed E-state index contributed by atoms with van der Waals surface area (Å²) in [4.78, 5) is 47.7. The molecule has 0 saturated carbocycles. The van der Waals surface area contributed by atoms with Crippen molar-refractivity contribution in [3.63, 3.8) is 0 Å². The van der Waals surface area contributed by atoms with Crippen LogP contribution in [0.1, 0.15) is 28.0 Å². The third-order valence-corrected chi connectivity index (χ3v) is 5.04. The number of carboxylic acids is 1. The van der Waals surface area contributed by atoms with Gasteiger partial charge in [-0.15, -0.1) is 0 Å². The number of aromatic nitrogens is 2. The van der Waals surface area contributed by atoms with Gasteiger partial charge in [-0.1, -0.05) is 0 Å². The zero-order valence-corrected chi connectivity index (χ0v) is 17.9. The van der Waals surface area contributed by atoms with Crippen molar-refractivity contribution in [3.05, 3.63) is 47.3 Å². The van der Waals surface area contributed by atoms with Crippen LogP contribution in [0.2, 0.25) is 0 Å². The molecule has 2 amide bonds. The third-order valence-electron chi connectivity index (χ3n) is 4.59. The Morgan fingerprint density at radius 1 is 1.38 bits per heavy atom. The van der Waals surface area contributed by atoms with Gasteiger partial charge >= 0.3 is 155 Å². The first-order valence-corrected chi connectivity index (χ1v) is 9.81. The van der Waals surface area contributed by atoms with Crippen molar-refractivity contribution in [1.29, 1.82) is 0 Å². The Hall–Kier alpha value is -2.93. The number of nitrogens with zero attached hydrogens (tertiary/aromatic N) is 4. The molecule has 2 N–H and O–H groups in total. The van der Waals surface area contributed by atoms with Crippen LogP contribution >= 0.6 is 0 Å². The van der Waals surface area contributed by atoms with Crippen LogP contribution in [-0.4, -0.2) is 79.6 Å². The molecule has 9 nitrogen and oxygen atoms in total. The Labute approximate surface area is 176 Å². The molecule has 0 bridgehead atoms. The fourth-order valence-electron chi connectivity index (χ4n) is 3.17. The second-order valence-electron chi connectivity index (χ2n) is 6.87. The van der Waals surface area contributed by atoms with Crippen LogP contribution in [0.5, 0.6) is 0 Å². The van der Waals surface area contributed by atoms with Gasteiger partial charge in [-0.3, -0.25) is 9.59 Å². The summed E-state index contributed by atoms with van der Waals surface area (Å²) in [5.41, 5.74) is 2.61. The van der Waals surface area contributed by atoms with E-state index in [1.54, 1.807) is 49.5 Å². The molecule has 0 fully saturated rings. The van der Waals surface area contributed by atoms with Gasteiger partial charge in [0, 0.05) is 0 Å². The predicted molar refractivity (Wildman–Crippen MR) is 106 cm³/mol. The molecule has 1 aromatic carbocycles. The second kappa shape index (κ2) is 8.61. The zero-order valence-electron chi connectivity index (χ0n) is 16.0. The number of benzene rings is 1. The molecule has 0 aliphatic carbocycles. The Kier molecular flexibility index (Phi) is 6.17. The SMILES string of the molecule is CN(Cc1ccnc([As])n1)C(=O)c1ccc2c(c1)CN(C)C(=O)C(CC(=O)O)N2. The number of carbonyl (C=O) groups excluding carboxylic acids is 2. The number of nitrogens with one attached hydrogen (secondary N) is 1. The van der Waals surface area contributed by atoms with Gasteiger partial charge in [-0.2, -0.15) is 0 Å². The van der Waals surface area contributed by atoms with Gasteiger partial charge in [0.2, 0.25) is 0 Å². The van der Waals surface area contributed by atoms with E-state index in [1.807, 2.05) is 0 Å². The van der Waals surface area contributed by atoms with Gasteiger partial charge in [0.15, 0.2) is 0 Å². The summed E-state index contributed by atoms with van der Waals surface area (Å²) in [6, 6.07) is 6.02. The monoisotopic (exact) mass is 457 g/mol. The molecular weight excluding hydrogens is 437 g/mol. The maximum absolute atomic E-state index is 12.9. The average Bonchev–Trinajstić information content (AvgIpc) is 2.77. The van der Waals surface area contributed by atoms with E-state index in [2.05, 4.69) is 32.1 Å². The van der Waals surface area contributed by atoms with Gasteiger partial charge in [0.25, 0.3) is 0 Å². The molecule has 150 valence electrons. The summed E-state index contributed by atoms with van der Waals surface area (Å²) in [7, 11) is 3.31. The molecule has 1 aromatic heterocycles. The van der Waals surface area contributed by atoms with E-state index >= 15 is 0 Å². The number of amides is 2. The summed E-state index contributed by atoms with van der Waals surface area (Å²) < 4.78 is 0.579. The zero-order chi connectivity index (χ0) is 21.1. The number of anilines is 1. The van der Waals surface area contributed by atoms with E-state index in [9.17, 15) is 14.4 Å². The standard InChI is InChI=1S/C19H20AsN5O4/c1-24-9-12-7-11(3-4-14(12)23-15(18(24)29)8-16(26)27)17(28)25(2)10-13-5-6-21-19(20)22-13/h3-7,15,23H,8-10H2,1-2H3,(H,26,27). The van der Waals surface area contributed by atoms with E-state index in [-0.39, 0.29) is 24.8 Å². The molecule has 1 aliphatic rings. The molecule has 3 rings (SSSR count). The van der Waals surface area contributed by atoms with Crippen molar-refractivity contribution in [2.45, 2.75) is 25.6 Å². The fourth-order valence-corrected chi connectivity index (χ4v) is 3.58. The van der Waals surface area contributed by atoms with Crippen molar-refractivity contribution < 1.29 is 19.5 Å². The average molecular weight is 457 g/mol. The maximum atomic E-state index is 12.9. The molecule has 10 heteroatoms. The van der Waals surface area contributed by atoms with Crippen LogP contribution < -0.4 is 9.93 Å². The van der Waals surface area contributed by atoms with E-state index in [0.29, 0.717) is 22.4 Å². The second-order valence-corrected chi connectivity index (χ2v) is 7.71. The molecule has 0 spiro atoms. The minimum atomic E-state index is -1.06. The summed E-state index contributed by atoms with van der Waals surface area (Å²) >= 11 is 2.26. The van der Waals surface area contributed by atoms with E-state index in [1.165, 1.54) is 4.90 Å². The van der Waals surface area contributed by atoms with Crippen molar-refractivity contribution in [2.24, 2.45) is 0 Å². The quantitative estimate of drug-likeness (QED) is 0.596. The first kappa shape index (κ1) is 20.8. The van der Waals surface area contributed by atoms with Crippen LogP contribution in [0.4, 0.5) is 5.69 Å². The number of hydrogen-bond acceptors (Lipinski definition) is 6. The Morgan fingerprint density at radius 2 is 2.14 bits per heavy atom. The van der Waals surface area contributed by atoms with Gasteiger partial charge in [0.05, 0.1) is 6.42 Å². The van der Waals surface area contributed by atoms with Crippen molar-refractivity contribution in [1.82, 2.24) is 19.8 Å². The molecule has 1 aliphatic heterocycles. The van der Waals surface area contributed by atoms with Crippen molar-refractivity contribution in [3.8, 4) is 0 Å². The van der Waals surface area contributed by atoms with Gasteiger partial charge < -0.3 is 5.11 Å². The molecule has 1 atom stereocenters. The first-order chi connectivity index (χ1) is 13.7. The Morgan fingerprint density at radius 3 is 2.83 bits per heavy atom. The Bertz CT molecular complexity index is 967. The van der Waals surface area contributed by atoms with Crippen molar-refractivity contribution >= 4 is 44.9 Å². The molecular formula is C19H20AsN5O4. The number of aliphatic carboxylic acids is 1. The molecule has 2 heterocycles. The summed E-state index contributed by atoms with van der Waals surface area (Å²) in [5, 5.41) is 12.1. The third kappa shape index (κ3) is 4.92. The van der Waals surface area contributed by atoms with Crippen LogP contribution in [0.15, 0.2) is 30.5 Å². The van der Waals surface area contributed by atoms with E-state index in [0.717, 1.165) is 11.3 Å². The van der Waals surface area contributed by atoms with Crippen LogP contribution in [0.3, 0.4) is 0 Å². The number of rotatable bonds is 5. The van der Waals surface area contributed by atoms with Gasteiger partial charge in [-0.05, 0) is 0 Å². The molecule has 2 aromatic rings. The van der Waals surface area contributed by atoms with Crippen molar-refractivity contribution in [2.75, 3.05) is 19.4 Å². The topological polar surface area (TPSA) is 116 Å². The van der Waals surface area contributed by atoms with Gasteiger partial charge in [-0.25, -0.2) is 0 Å². The molecule has 2 radical (unpaired) electrons. The van der Waals surface area contributed by atoms with E-state index < -0.39 is 12.0 Å². The normalized spacial score (nSPS) is 15.9.